The minimum atomic E-state index is 0.742. The molecule has 4 nitrogen and oxygen atoms in total. The average molecular weight is 194 g/mol. The Bertz CT molecular complexity index is 299. The summed E-state index contributed by atoms with van der Waals surface area (Å²) >= 11 is 0. The molecule has 1 atom stereocenters. The van der Waals surface area contributed by atoms with Gasteiger partial charge in [-0.1, -0.05) is 0 Å². The summed E-state index contributed by atoms with van der Waals surface area (Å²) in [6.45, 7) is 4.30. The molecule has 0 bridgehead atoms. The zero-order chi connectivity index (χ0) is 9.97. The number of aromatic nitrogens is 3. The molecule has 1 aliphatic rings. The van der Waals surface area contributed by atoms with Gasteiger partial charge in [-0.05, 0) is 38.8 Å². The van der Waals surface area contributed by atoms with Gasteiger partial charge in [-0.2, -0.15) is 0 Å². The smallest absolute Gasteiger partial charge is 0.133 e. The molecule has 1 fully saturated rings. The fourth-order valence-electron chi connectivity index (χ4n) is 1.99. The van der Waals surface area contributed by atoms with Crippen molar-refractivity contribution in [2.75, 3.05) is 13.1 Å². The summed E-state index contributed by atoms with van der Waals surface area (Å²) in [5.41, 5.74) is 0. The van der Waals surface area contributed by atoms with Crippen LogP contribution in [0.1, 0.15) is 24.5 Å². The Morgan fingerprint density at radius 2 is 2.36 bits per heavy atom. The lowest BCUT2D eigenvalue weighted by Gasteiger charge is -2.21. The maximum absolute atomic E-state index is 4.19. The summed E-state index contributed by atoms with van der Waals surface area (Å²) in [5, 5.41) is 11.7. The molecule has 0 saturated carbocycles. The van der Waals surface area contributed by atoms with Crippen LogP contribution in [-0.2, 0) is 13.5 Å². The predicted molar refractivity (Wildman–Crippen MR) is 55.0 cm³/mol. The molecular formula is C10H18N4. The lowest BCUT2D eigenvalue weighted by molar-refractivity contribution is 0.367. The number of nitrogens with zero attached hydrogens (tertiary/aromatic N) is 3. The number of nitrogens with one attached hydrogen (secondary N) is 1. The van der Waals surface area contributed by atoms with Gasteiger partial charge in [-0.3, -0.25) is 0 Å². The molecule has 1 aromatic heterocycles. The lowest BCUT2D eigenvalue weighted by Crippen LogP contribution is -2.31. The number of piperidine rings is 1. The van der Waals surface area contributed by atoms with Crippen molar-refractivity contribution in [3.05, 3.63) is 11.6 Å². The van der Waals surface area contributed by atoms with E-state index in [4.69, 9.17) is 0 Å². The van der Waals surface area contributed by atoms with Crippen LogP contribution >= 0.6 is 0 Å². The van der Waals surface area contributed by atoms with Crippen LogP contribution < -0.4 is 5.32 Å². The zero-order valence-corrected chi connectivity index (χ0v) is 8.95. The van der Waals surface area contributed by atoms with E-state index in [2.05, 4.69) is 20.1 Å². The molecule has 4 heteroatoms. The van der Waals surface area contributed by atoms with Gasteiger partial charge in [0.1, 0.15) is 11.6 Å². The average Bonchev–Trinajstić information content (AvgIpc) is 2.52. The molecule has 2 heterocycles. The molecule has 0 aromatic carbocycles. The Balaban J connectivity index is 1.99. The minimum absolute atomic E-state index is 0.742. The van der Waals surface area contributed by atoms with Crippen LogP contribution in [0.25, 0.3) is 0 Å². The van der Waals surface area contributed by atoms with Crippen molar-refractivity contribution in [1.82, 2.24) is 20.1 Å². The van der Waals surface area contributed by atoms with Gasteiger partial charge in [0.15, 0.2) is 0 Å². The maximum Gasteiger partial charge on any atom is 0.133 e. The highest BCUT2D eigenvalue weighted by Gasteiger charge is 2.16. The molecule has 0 amide bonds. The van der Waals surface area contributed by atoms with Crippen LogP contribution in [0.5, 0.6) is 0 Å². The molecule has 0 radical (unpaired) electrons. The van der Waals surface area contributed by atoms with Crippen molar-refractivity contribution >= 4 is 0 Å². The third-order valence-corrected chi connectivity index (χ3v) is 3.05. The van der Waals surface area contributed by atoms with Gasteiger partial charge >= 0.3 is 0 Å². The molecule has 1 saturated heterocycles. The molecule has 78 valence electrons. The SMILES string of the molecule is Cc1nnc(CC2CCCNC2)n1C. The Labute approximate surface area is 84.7 Å². The van der Waals surface area contributed by atoms with Crippen LogP contribution in [0.15, 0.2) is 0 Å². The van der Waals surface area contributed by atoms with Crippen LogP contribution in [0, 0.1) is 12.8 Å². The summed E-state index contributed by atoms with van der Waals surface area (Å²) in [6.07, 6.45) is 3.67. The molecule has 1 N–H and O–H groups in total. The Morgan fingerprint density at radius 3 is 2.93 bits per heavy atom. The number of hydrogen-bond acceptors (Lipinski definition) is 3. The van der Waals surface area contributed by atoms with Crippen molar-refractivity contribution in [2.45, 2.75) is 26.2 Å². The predicted octanol–water partition coefficient (Wildman–Crippen LogP) is 0.666. The Hall–Kier alpha value is -0.900. The largest absolute Gasteiger partial charge is 0.318 e. The fraction of sp³-hybridized carbons (Fsp3) is 0.800. The molecule has 0 aliphatic carbocycles. The van der Waals surface area contributed by atoms with Gasteiger partial charge in [0.05, 0.1) is 0 Å². The van der Waals surface area contributed by atoms with E-state index in [-0.39, 0.29) is 0 Å². The second-order valence-electron chi connectivity index (χ2n) is 4.14. The Morgan fingerprint density at radius 1 is 1.50 bits per heavy atom. The van der Waals surface area contributed by atoms with Gasteiger partial charge < -0.3 is 9.88 Å². The monoisotopic (exact) mass is 194 g/mol. The molecule has 2 rings (SSSR count). The summed E-state index contributed by atoms with van der Waals surface area (Å²) in [4.78, 5) is 0. The quantitative estimate of drug-likeness (QED) is 0.752. The maximum atomic E-state index is 4.19. The standard InChI is InChI=1S/C10H18N4/c1-8-12-13-10(14(8)2)6-9-4-3-5-11-7-9/h9,11H,3-7H2,1-2H3. The molecule has 1 aromatic rings. The van der Waals surface area contributed by atoms with E-state index < -0.39 is 0 Å². The summed E-state index contributed by atoms with van der Waals surface area (Å²) in [5.74, 6) is 2.87. The van der Waals surface area contributed by atoms with Gasteiger partial charge in [0.25, 0.3) is 0 Å². The van der Waals surface area contributed by atoms with Crippen molar-refractivity contribution in [1.29, 1.82) is 0 Å². The molecule has 1 aliphatic heterocycles. The lowest BCUT2D eigenvalue weighted by atomic mass is 9.96. The molecule has 14 heavy (non-hydrogen) atoms. The van der Waals surface area contributed by atoms with E-state index >= 15 is 0 Å². The number of hydrogen-bond donors (Lipinski definition) is 1. The van der Waals surface area contributed by atoms with Gasteiger partial charge in [0, 0.05) is 13.5 Å². The molecule has 0 spiro atoms. The third kappa shape index (κ3) is 1.95. The van der Waals surface area contributed by atoms with E-state index in [9.17, 15) is 0 Å². The van der Waals surface area contributed by atoms with Crippen molar-refractivity contribution in [3.63, 3.8) is 0 Å². The van der Waals surface area contributed by atoms with Crippen molar-refractivity contribution in [3.8, 4) is 0 Å². The van der Waals surface area contributed by atoms with Gasteiger partial charge in [0.2, 0.25) is 0 Å². The second kappa shape index (κ2) is 4.09. The van der Waals surface area contributed by atoms with Crippen molar-refractivity contribution in [2.24, 2.45) is 13.0 Å². The Kier molecular flexibility index (Phi) is 2.82. The minimum Gasteiger partial charge on any atom is -0.318 e. The van der Waals surface area contributed by atoms with E-state index in [1.54, 1.807) is 0 Å². The zero-order valence-electron chi connectivity index (χ0n) is 8.95. The van der Waals surface area contributed by atoms with E-state index in [0.29, 0.717) is 0 Å². The first-order valence-corrected chi connectivity index (χ1v) is 5.33. The van der Waals surface area contributed by atoms with E-state index in [1.807, 2.05) is 14.0 Å². The summed E-state index contributed by atoms with van der Waals surface area (Å²) < 4.78 is 2.09. The topological polar surface area (TPSA) is 42.7 Å². The summed E-state index contributed by atoms with van der Waals surface area (Å²) in [7, 11) is 2.04. The van der Waals surface area contributed by atoms with E-state index in [1.165, 1.54) is 19.4 Å². The number of rotatable bonds is 2. The van der Waals surface area contributed by atoms with E-state index in [0.717, 1.165) is 30.5 Å². The highest BCUT2D eigenvalue weighted by molar-refractivity contribution is 4.94. The second-order valence-corrected chi connectivity index (χ2v) is 4.14. The first-order chi connectivity index (χ1) is 6.77. The highest BCUT2D eigenvalue weighted by Crippen LogP contribution is 2.15. The fourth-order valence-corrected chi connectivity index (χ4v) is 1.99. The number of aryl methyl sites for hydroxylation is 1. The normalized spacial score (nSPS) is 22.6. The van der Waals surface area contributed by atoms with Crippen LogP contribution in [-0.4, -0.2) is 27.9 Å². The first-order valence-electron chi connectivity index (χ1n) is 5.33. The van der Waals surface area contributed by atoms with Gasteiger partial charge in [-0.25, -0.2) is 0 Å². The summed E-state index contributed by atoms with van der Waals surface area (Å²) in [6, 6.07) is 0. The van der Waals surface area contributed by atoms with Crippen LogP contribution in [0.4, 0.5) is 0 Å². The molecular weight excluding hydrogens is 176 g/mol. The first kappa shape index (κ1) is 9.65. The van der Waals surface area contributed by atoms with Crippen LogP contribution in [0.3, 0.4) is 0 Å². The van der Waals surface area contributed by atoms with Crippen molar-refractivity contribution < 1.29 is 0 Å². The molecule has 1 unspecified atom stereocenters. The van der Waals surface area contributed by atoms with Gasteiger partial charge in [-0.15, -0.1) is 10.2 Å². The van der Waals surface area contributed by atoms with Crippen LogP contribution in [0.2, 0.25) is 0 Å². The highest BCUT2D eigenvalue weighted by atomic mass is 15.3. The third-order valence-electron chi connectivity index (χ3n) is 3.05.